The summed E-state index contributed by atoms with van der Waals surface area (Å²) in [6.45, 7) is 0.542. The highest BCUT2D eigenvalue weighted by atomic mass is 19.1. The van der Waals surface area contributed by atoms with Crippen LogP contribution in [0.1, 0.15) is 18.0 Å². The quantitative estimate of drug-likeness (QED) is 0.744. The van der Waals surface area contributed by atoms with Crippen molar-refractivity contribution in [2.24, 2.45) is 5.73 Å². The van der Waals surface area contributed by atoms with Gasteiger partial charge in [-0.25, -0.2) is 4.39 Å². The Balaban J connectivity index is 2.49. The molecule has 1 aliphatic heterocycles. The maximum absolute atomic E-state index is 13.3. The number of methoxy groups -OCH3 is 1. The fraction of sp³-hybridized carbons (Fsp3) is 0.400. The van der Waals surface area contributed by atoms with Crippen LogP contribution in [0.5, 0.6) is 11.5 Å². The van der Waals surface area contributed by atoms with E-state index < -0.39 is 5.82 Å². The van der Waals surface area contributed by atoms with Gasteiger partial charge in [0.1, 0.15) is 5.75 Å². The standard InChI is InChI=1S/C10H12FNO2/c1-13-10-4-6-8(12)2-3-14-9(6)5-7(10)11/h4-5,8H,2-3,12H2,1H3. The lowest BCUT2D eigenvalue weighted by Gasteiger charge is -2.23. The minimum Gasteiger partial charge on any atom is -0.494 e. The van der Waals surface area contributed by atoms with Crippen molar-refractivity contribution in [2.45, 2.75) is 12.5 Å². The molecule has 0 bridgehead atoms. The molecule has 14 heavy (non-hydrogen) atoms. The molecule has 0 amide bonds. The molecule has 76 valence electrons. The zero-order valence-corrected chi connectivity index (χ0v) is 7.92. The molecule has 2 rings (SSSR count). The lowest BCUT2D eigenvalue weighted by Crippen LogP contribution is -2.20. The molecule has 1 aromatic rings. The maximum atomic E-state index is 13.3. The molecular formula is C10H12FNO2. The topological polar surface area (TPSA) is 44.5 Å². The van der Waals surface area contributed by atoms with Gasteiger partial charge in [0.2, 0.25) is 0 Å². The number of rotatable bonds is 1. The first kappa shape index (κ1) is 9.27. The molecule has 0 spiro atoms. The van der Waals surface area contributed by atoms with E-state index in [9.17, 15) is 4.39 Å². The van der Waals surface area contributed by atoms with Crippen molar-refractivity contribution in [3.63, 3.8) is 0 Å². The monoisotopic (exact) mass is 197 g/mol. The van der Waals surface area contributed by atoms with E-state index in [-0.39, 0.29) is 11.8 Å². The summed E-state index contributed by atoms with van der Waals surface area (Å²) in [6, 6.07) is 2.84. The summed E-state index contributed by atoms with van der Waals surface area (Å²) in [4.78, 5) is 0. The summed E-state index contributed by atoms with van der Waals surface area (Å²) in [6.07, 6.45) is 0.752. The van der Waals surface area contributed by atoms with Crippen LogP contribution in [-0.2, 0) is 0 Å². The molecule has 1 unspecified atom stereocenters. The third-order valence-corrected chi connectivity index (χ3v) is 2.37. The maximum Gasteiger partial charge on any atom is 0.168 e. The van der Waals surface area contributed by atoms with Gasteiger partial charge in [0.15, 0.2) is 11.6 Å². The summed E-state index contributed by atoms with van der Waals surface area (Å²) in [7, 11) is 1.43. The highest BCUT2D eigenvalue weighted by molar-refractivity contribution is 5.44. The third kappa shape index (κ3) is 1.42. The normalized spacial score (nSPS) is 19.8. The van der Waals surface area contributed by atoms with Crippen molar-refractivity contribution in [3.8, 4) is 11.5 Å². The lowest BCUT2D eigenvalue weighted by atomic mass is 10.0. The first-order valence-corrected chi connectivity index (χ1v) is 4.48. The molecule has 1 aromatic carbocycles. The van der Waals surface area contributed by atoms with Gasteiger partial charge in [-0.3, -0.25) is 0 Å². The Bertz CT molecular complexity index is 354. The molecule has 1 heterocycles. The SMILES string of the molecule is COc1cc2c(cc1F)OCCC2N. The van der Waals surface area contributed by atoms with Crippen molar-refractivity contribution in [1.29, 1.82) is 0 Å². The summed E-state index contributed by atoms with van der Waals surface area (Å²) < 4.78 is 23.4. The number of halogens is 1. The van der Waals surface area contributed by atoms with Gasteiger partial charge in [0.25, 0.3) is 0 Å². The summed E-state index contributed by atoms with van der Waals surface area (Å²) in [5.74, 6) is 0.326. The van der Waals surface area contributed by atoms with E-state index in [2.05, 4.69) is 0 Å². The molecule has 0 saturated carbocycles. The lowest BCUT2D eigenvalue weighted by molar-refractivity contribution is 0.265. The smallest absolute Gasteiger partial charge is 0.168 e. The number of ether oxygens (including phenoxy) is 2. The van der Waals surface area contributed by atoms with E-state index in [1.54, 1.807) is 6.07 Å². The van der Waals surface area contributed by atoms with E-state index in [0.29, 0.717) is 12.4 Å². The average Bonchev–Trinajstić information content (AvgIpc) is 2.17. The van der Waals surface area contributed by atoms with Crippen LogP contribution in [0.2, 0.25) is 0 Å². The Morgan fingerprint density at radius 2 is 2.36 bits per heavy atom. The van der Waals surface area contributed by atoms with Crippen LogP contribution in [-0.4, -0.2) is 13.7 Å². The van der Waals surface area contributed by atoms with Crippen molar-refractivity contribution in [2.75, 3.05) is 13.7 Å². The number of hydrogen-bond acceptors (Lipinski definition) is 3. The minimum atomic E-state index is -0.416. The third-order valence-electron chi connectivity index (χ3n) is 2.37. The first-order chi connectivity index (χ1) is 6.72. The second-order valence-electron chi connectivity index (χ2n) is 3.27. The molecule has 0 saturated heterocycles. The Kier molecular flexibility index (Phi) is 2.29. The molecule has 0 fully saturated rings. The van der Waals surface area contributed by atoms with Crippen molar-refractivity contribution >= 4 is 0 Å². The van der Waals surface area contributed by atoms with Gasteiger partial charge in [0.05, 0.1) is 13.7 Å². The zero-order chi connectivity index (χ0) is 10.1. The highest BCUT2D eigenvalue weighted by Crippen LogP contribution is 2.35. The van der Waals surface area contributed by atoms with Crippen LogP contribution in [0.4, 0.5) is 4.39 Å². The Morgan fingerprint density at radius 1 is 1.57 bits per heavy atom. The summed E-state index contributed by atoms with van der Waals surface area (Å²) >= 11 is 0. The van der Waals surface area contributed by atoms with Gasteiger partial charge in [-0.2, -0.15) is 0 Å². The molecule has 3 nitrogen and oxygen atoms in total. The van der Waals surface area contributed by atoms with E-state index in [0.717, 1.165) is 12.0 Å². The van der Waals surface area contributed by atoms with Crippen LogP contribution in [0.15, 0.2) is 12.1 Å². The number of hydrogen-bond donors (Lipinski definition) is 1. The van der Waals surface area contributed by atoms with Gasteiger partial charge >= 0.3 is 0 Å². The average molecular weight is 197 g/mol. The van der Waals surface area contributed by atoms with Crippen molar-refractivity contribution in [1.82, 2.24) is 0 Å². The van der Waals surface area contributed by atoms with Gasteiger partial charge in [-0.15, -0.1) is 0 Å². The van der Waals surface area contributed by atoms with E-state index >= 15 is 0 Å². The van der Waals surface area contributed by atoms with E-state index in [1.807, 2.05) is 0 Å². The number of benzene rings is 1. The van der Waals surface area contributed by atoms with E-state index in [4.69, 9.17) is 15.2 Å². The molecule has 0 aromatic heterocycles. The summed E-state index contributed by atoms with van der Waals surface area (Å²) in [5, 5.41) is 0. The highest BCUT2D eigenvalue weighted by Gasteiger charge is 2.20. The Morgan fingerprint density at radius 3 is 3.07 bits per heavy atom. The van der Waals surface area contributed by atoms with E-state index in [1.165, 1.54) is 13.2 Å². The largest absolute Gasteiger partial charge is 0.494 e. The Labute approximate surface area is 81.6 Å². The van der Waals surface area contributed by atoms with Crippen molar-refractivity contribution < 1.29 is 13.9 Å². The molecule has 4 heteroatoms. The van der Waals surface area contributed by atoms with Gasteiger partial charge in [0, 0.05) is 24.1 Å². The molecule has 0 radical (unpaired) electrons. The van der Waals surface area contributed by atoms with Crippen molar-refractivity contribution in [3.05, 3.63) is 23.5 Å². The van der Waals surface area contributed by atoms with Gasteiger partial charge in [-0.05, 0) is 6.07 Å². The first-order valence-electron chi connectivity index (χ1n) is 4.48. The van der Waals surface area contributed by atoms with Crippen LogP contribution in [0, 0.1) is 5.82 Å². The molecule has 1 aliphatic rings. The van der Waals surface area contributed by atoms with Crippen LogP contribution >= 0.6 is 0 Å². The van der Waals surface area contributed by atoms with Gasteiger partial charge < -0.3 is 15.2 Å². The Hall–Kier alpha value is -1.29. The second kappa shape index (κ2) is 3.46. The zero-order valence-electron chi connectivity index (χ0n) is 7.92. The molecular weight excluding hydrogens is 185 g/mol. The molecule has 1 atom stereocenters. The number of fused-ring (bicyclic) bond motifs is 1. The van der Waals surface area contributed by atoms with Crippen LogP contribution < -0.4 is 15.2 Å². The second-order valence-corrected chi connectivity index (χ2v) is 3.27. The fourth-order valence-electron chi connectivity index (χ4n) is 1.57. The number of nitrogens with two attached hydrogens (primary N) is 1. The fourth-order valence-corrected chi connectivity index (χ4v) is 1.57. The van der Waals surface area contributed by atoms with Crippen LogP contribution in [0.3, 0.4) is 0 Å². The predicted octanol–water partition coefficient (Wildman–Crippen LogP) is 1.62. The van der Waals surface area contributed by atoms with Crippen LogP contribution in [0.25, 0.3) is 0 Å². The summed E-state index contributed by atoms with van der Waals surface area (Å²) in [5.41, 5.74) is 6.68. The molecule has 2 N–H and O–H groups in total. The molecule has 0 aliphatic carbocycles. The van der Waals surface area contributed by atoms with Gasteiger partial charge in [-0.1, -0.05) is 0 Å². The minimum absolute atomic E-state index is 0.0896. The predicted molar refractivity (Wildman–Crippen MR) is 50.0 cm³/mol.